The summed E-state index contributed by atoms with van der Waals surface area (Å²) in [6.07, 6.45) is 0. The SMILES string of the molecule is CC(=O)Nc1ccc(-c2csc(NC(=O)c3ccc(-c4cccc(C)c4)[nH]c3=O)n2)c(F)c1. The number of H-pyrrole nitrogens is 1. The van der Waals surface area contributed by atoms with Gasteiger partial charge in [0.1, 0.15) is 11.4 Å². The van der Waals surface area contributed by atoms with Gasteiger partial charge in [0.2, 0.25) is 5.91 Å². The van der Waals surface area contributed by atoms with Gasteiger partial charge in [0, 0.05) is 29.2 Å². The first kappa shape index (κ1) is 22.1. The van der Waals surface area contributed by atoms with E-state index >= 15 is 0 Å². The first-order chi connectivity index (χ1) is 15.8. The minimum Gasteiger partial charge on any atom is -0.326 e. The summed E-state index contributed by atoms with van der Waals surface area (Å²) in [5.74, 6) is -1.48. The number of aromatic amines is 1. The lowest BCUT2D eigenvalue weighted by Crippen LogP contribution is -2.23. The molecule has 0 aliphatic rings. The number of pyridine rings is 1. The van der Waals surface area contributed by atoms with Crippen molar-refractivity contribution in [2.45, 2.75) is 13.8 Å². The highest BCUT2D eigenvalue weighted by molar-refractivity contribution is 7.14. The van der Waals surface area contributed by atoms with E-state index in [1.807, 2.05) is 31.2 Å². The average Bonchev–Trinajstić information content (AvgIpc) is 3.21. The molecule has 2 aromatic heterocycles. The maximum atomic E-state index is 14.5. The Morgan fingerprint density at radius 3 is 2.58 bits per heavy atom. The van der Waals surface area contributed by atoms with E-state index in [-0.39, 0.29) is 22.2 Å². The lowest BCUT2D eigenvalue weighted by atomic mass is 10.1. The van der Waals surface area contributed by atoms with E-state index < -0.39 is 17.3 Å². The number of halogens is 1. The van der Waals surface area contributed by atoms with Crippen molar-refractivity contribution in [3.8, 4) is 22.5 Å². The Morgan fingerprint density at radius 1 is 1.06 bits per heavy atom. The van der Waals surface area contributed by atoms with Gasteiger partial charge < -0.3 is 10.3 Å². The molecule has 0 bridgehead atoms. The Bertz CT molecular complexity index is 1430. The molecule has 0 atom stereocenters. The molecule has 0 aliphatic heterocycles. The van der Waals surface area contributed by atoms with Crippen LogP contribution in [0.5, 0.6) is 0 Å². The molecule has 4 aromatic rings. The van der Waals surface area contributed by atoms with Crippen molar-refractivity contribution >= 4 is 34.0 Å². The number of amides is 2. The Morgan fingerprint density at radius 2 is 1.88 bits per heavy atom. The van der Waals surface area contributed by atoms with Crippen LogP contribution in [0.1, 0.15) is 22.8 Å². The number of benzene rings is 2. The van der Waals surface area contributed by atoms with E-state index in [2.05, 4.69) is 20.6 Å². The number of carbonyl (C=O) groups excluding carboxylic acids is 2. The topological polar surface area (TPSA) is 104 Å². The number of carbonyl (C=O) groups is 2. The second kappa shape index (κ2) is 9.17. The van der Waals surface area contributed by atoms with Crippen LogP contribution in [0.4, 0.5) is 15.2 Å². The Labute approximate surface area is 192 Å². The highest BCUT2D eigenvalue weighted by atomic mass is 32.1. The van der Waals surface area contributed by atoms with Crippen LogP contribution in [0.25, 0.3) is 22.5 Å². The van der Waals surface area contributed by atoms with Crippen molar-refractivity contribution < 1.29 is 14.0 Å². The molecule has 9 heteroatoms. The van der Waals surface area contributed by atoms with Crippen LogP contribution in [-0.4, -0.2) is 21.8 Å². The molecule has 3 N–H and O–H groups in total. The predicted molar refractivity (Wildman–Crippen MR) is 127 cm³/mol. The van der Waals surface area contributed by atoms with Crippen molar-refractivity contribution in [1.29, 1.82) is 0 Å². The Balaban J connectivity index is 1.51. The monoisotopic (exact) mass is 462 g/mol. The fourth-order valence-electron chi connectivity index (χ4n) is 3.26. The van der Waals surface area contributed by atoms with Gasteiger partial charge in [0.05, 0.1) is 5.69 Å². The molecule has 4 rings (SSSR count). The molecule has 2 heterocycles. The second-order valence-corrected chi connectivity index (χ2v) is 8.21. The summed E-state index contributed by atoms with van der Waals surface area (Å²) < 4.78 is 14.5. The summed E-state index contributed by atoms with van der Waals surface area (Å²) >= 11 is 1.11. The van der Waals surface area contributed by atoms with Crippen LogP contribution in [0.2, 0.25) is 0 Å². The van der Waals surface area contributed by atoms with Gasteiger partial charge in [0.25, 0.3) is 11.5 Å². The van der Waals surface area contributed by atoms with Gasteiger partial charge >= 0.3 is 0 Å². The average molecular weight is 463 g/mol. The van der Waals surface area contributed by atoms with E-state index in [1.165, 1.54) is 25.1 Å². The highest BCUT2D eigenvalue weighted by Gasteiger charge is 2.16. The van der Waals surface area contributed by atoms with Crippen molar-refractivity contribution in [3.05, 3.63) is 87.3 Å². The Hall–Kier alpha value is -4.11. The first-order valence-electron chi connectivity index (χ1n) is 9.95. The van der Waals surface area contributed by atoms with Crippen LogP contribution in [-0.2, 0) is 4.79 Å². The largest absolute Gasteiger partial charge is 0.326 e. The van der Waals surface area contributed by atoms with Gasteiger partial charge in [-0.15, -0.1) is 11.3 Å². The molecule has 0 saturated carbocycles. The summed E-state index contributed by atoms with van der Waals surface area (Å²) in [6.45, 7) is 3.29. The van der Waals surface area contributed by atoms with Crippen molar-refractivity contribution in [1.82, 2.24) is 9.97 Å². The summed E-state index contributed by atoms with van der Waals surface area (Å²) in [7, 11) is 0. The third kappa shape index (κ3) is 5.04. The number of hydrogen-bond acceptors (Lipinski definition) is 5. The number of nitrogens with zero attached hydrogens (tertiary/aromatic N) is 1. The standard InChI is InChI=1S/C24H19FN4O3S/c1-13-4-3-5-15(10-13)20-9-8-18(22(31)27-20)23(32)29-24-28-21(12-33-24)17-7-6-16(11-19(17)25)26-14(2)30/h3-12H,1-2H3,(H,26,30)(H,27,31)(H,28,29,32). The molecule has 0 radical (unpaired) electrons. The Kier molecular flexibility index (Phi) is 6.14. The molecular weight excluding hydrogens is 443 g/mol. The fraction of sp³-hybridized carbons (Fsp3) is 0.0833. The fourth-order valence-corrected chi connectivity index (χ4v) is 3.96. The zero-order valence-electron chi connectivity index (χ0n) is 17.7. The maximum Gasteiger partial charge on any atom is 0.263 e. The minimum absolute atomic E-state index is 0.0611. The number of anilines is 2. The van der Waals surface area contributed by atoms with Gasteiger partial charge in [-0.25, -0.2) is 9.37 Å². The second-order valence-electron chi connectivity index (χ2n) is 7.35. The molecule has 2 amide bonds. The summed E-state index contributed by atoms with van der Waals surface area (Å²) in [6, 6.07) is 15.0. The molecule has 7 nitrogen and oxygen atoms in total. The smallest absolute Gasteiger partial charge is 0.263 e. The molecule has 0 spiro atoms. The van der Waals surface area contributed by atoms with Gasteiger partial charge in [-0.2, -0.15) is 0 Å². The molecule has 0 unspecified atom stereocenters. The highest BCUT2D eigenvalue weighted by Crippen LogP contribution is 2.29. The quantitative estimate of drug-likeness (QED) is 0.395. The maximum absolute atomic E-state index is 14.5. The van der Waals surface area contributed by atoms with Crippen LogP contribution in [0.15, 0.2) is 64.8 Å². The first-order valence-corrected chi connectivity index (χ1v) is 10.8. The lowest BCUT2D eigenvalue weighted by molar-refractivity contribution is -0.114. The normalized spacial score (nSPS) is 10.6. The van der Waals surface area contributed by atoms with Crippen LogP contribution in [0.3, 0.4) is 0 Å². The molecule has 0 fully saturated rings. The van der Waals surface area contributed by atoms with E-state index in [0.29, 0.717) is 17.1 Å². The minimum atomic E-state index is -0.616. The molecule has 0 aliphatic carbocycles. The molecular formula is C24H19FN4O3S. The molecule has 166 valence electrons. The zero-order chi connectivity index (χ0) is 23.5. The van der Waals surface area contributed by atoms with E-state index in [0.717, 1.165) is 22.5 Å². The van der Waals surface area contributed by atoms with Gasteiger partial charge in [0.15, 0.2) is 5.13 Å². The number of rotatable bonds is 5. The molecule has 0 saturated heterocycles. The van der Waals surface area contributed by atoms with Crippen molar-refractivity contribution in [2.75, 3.05) is 10.6 Å². The number of aromatic nitrogens is 2. The summed E-state index contributed by atoms with van der Waals surface area (Å²) in [5.41, 5.74) is 2.80. The van der Waals surface area contributed by atoms with Gasteiger partial charge in [-0.1, -0.05) is 23.8 Å². The van der Waals surface area contributed by atoms with Crippen molar-refractivity contribution in [2.24, 2.45) is 0 Å². The third-order valence-corrected chi connectivity index (χ3v) is 5.53. The number of thiazole rings is 1. The van der Waals surface area contributed by atoms with Crippen molar-refractivity contribution in [3.63, 3.8) is 0 Å². The van der Waals surface area contributed by atoms with Gasteiger partial charge in [-0.3, -0.25) is 19.7 Å². The number of nitrogens with one attached hydrogen (secondary N) is 3. The van der Waals surface area contributed by atoms with Crippen LogP contribution >= 0.6 is 11.3 Å². The lowest BCUT2D eigenvalue weighted by Gasteiger charge is -2.06. The molecule has 33 heavy (non-hydrogen) atoms. The van der Waals surface area contributed by atoms with E-state index in [4.69, 9.17) is 0 Å². The van der Waals surface area contributed by atoms with Gasteiger partial charge in [-0.05, 0) is 48.9 Å². The predicted octanol–water partition coefficient (Wildman–Crippen LogP) is 4.82. The summed E-state index contributed by atoms with van der Waals surface area (Å²) in [5, 5.41) is 6.91. The third-order valence-electron chi connectivity index (χ3n) is 4.77. The number of aryl methyl sites for hydroxylation is 1. The molecule has 2 aromatic carbocycles. The van der Waals surface area contributed by atoms with E-state index in [1.54, 1.807) is 17.5 Å². The van der Waals surface area contributed by atoms with Crippen LogP contribution in [0, 0.1) is 12.7 Å². The number of hydrogen-bond donors (Lipinski definition) is 3. The summed E-state index contributed by atoms with van der Waals surface area (Å²) in [4.78, 5) is 43.2. The van der Waals surface area contributed by atoms with E-state index in [9.17, 15) is 18.8 Å². The van der Waals surface area contributed by atoms with Crippen LogP contribution < -0.4 is 16.2 Å². The zero-order valence-corrected chi connectivity index (χ0v) is 18.5.